The summed E-state index contributed by atoms with van der Waals surface area (Å²) in [5.74, 6) is -0.410. The Balaban J connectivity index is 1.66. The molecular weight excluding hydrogens is 306 g/mol. The molecule has 0 spiro atoms. The minimum Gasteiger partial charge on any atom is -0.508 e. The molecule has 2 amide bonds. The molecule has 0 bridgehead atoms. The normalized spacial score (nSPS) is 10.5. The highest BCUT2D eigenvalue weighted by molar-refractivity contribution is 5.85. The summed E-state index contributed by atoms with van der Waals surface area (Å²) >= 11 is 0. The molecule has 0 fully saturated rings. The van der Waals surface area contributed by atoms with E-state index in [-0.39, 0.29) is 30.4 Å². The summed E-state index contributed by atoms with van der Waals surface area (Å²) in [4.78, 5) is 23.3. The topological polar surface area (TPSA) is 90.8 Å². The van der Waals surface area contributed by atoms with E-state index in [0.717, 1.165) is 5.56 Å². The first kappa shape index (κ1) is 17.2. The van der Waals surface area contributed by atoms with Crippen molar-refractivity contribution in [1.82, 2.24) is 10.7 Å². The predicted molar refractivity (Wildman–Crippen MR) is 91.4 cm³/mol. The molecule has 0 saturated carbocycles. The Hall–Kier alpha value is -3.15. The van der Waals surface area contributed by atoms with Gasteiger partial charge in [0, 0.05) is 19.4 Å². The Bertz CT molecular complexity index is 714. The fourth-order valence-corrected chi connectivity index (χ4v) is 1.95. The van der Waals surface area contributed by atoms with Gasteiger partial charge in [0.1, 0.15) is 5.75 Å². The van der Waals surface area contributed by atoms with Crippen LogP contribution in [-0.4, -0.2) is 23.1 Å². The maximum Gasteiger partial charge on any atom is 0.240 e. The van der Waals surface area contributed by atoms with Crippen LogP contribution in [-0.2, 0) is 16.1 Å². The lowest BCUT2D eigenvalue weighted by Crippen LogP contribution is -2.25. The second-order valence-electron chi connectivity index (χ2n) is 5.15. The van der Waals surface area contributed by atoms with E-state index in [4.69, 9.17) is 0 Å². The highest BCUT2D eigenvalue weighted by Crippen LogP contribution is 2.08. The zero-order chi connectivity index (χ0) is 17.2. The van der Waals surface area contributed by atoms with E-state index in [1.807, 2.05) is 30.3 Å². The SMILES string of the molecule is O=C(CCC(=O)N/N=C/c1cccc(O)c1)NCc1ccccc1. The summed E-state index contributed by atoms with van der Waals surface area (Å²) in [6.45, 7) is 0.441. The number of hydrazone groups is 1. The molecule has 0 aliphatic rings. The standard InChI is InChI=1S/C18H19N3O3/c22-16-8-4-7-15(11-16)13-20-21-18(24)10-9-17(23)19-12-14-5-2-1-3-6-14/h1-8,11,13,22H,9-10,12H2,(H,19,23)(H,21,24)/b20-13+. The smallest absolute Gasteiger partial charge is 0.240 e. The van der Waals surface area contributed by atoms with Crippen molar-refractivity contribution >= 4 is 18.0 Å². The second kappa shape index (κ2) is 9.09. The first-order chi connectivity index (χ1) is 11.6. The average molecular weight is 325 g/mol. The highest BCUT2D eigenvalue weighted by atomic mass is 16.3. The lowest BCUT2D eigenvalue weighted by atomic mass is 10.2. The molecule has 6 nitrogen and oxygen atoms in total. The van der Waals surface area contributed by atoms with Gasteiger partial charge in [-0.15, -0.1) is 0 Å². The van der Waals surface area contributed by atoms with Crippen LogP contribution in [0.5, 0.6) is 5.75 Å². The molecule has 0 radical (unpaired) electrons. The van der Waals surface area contributed by atoms with E-state index < -0.39 is 0 Å². The van der Waals surface area contributed by atoms with Gasteiger partial charge in [0.15, 0.2) is 0 Å². The van der Waals surface area contributed by atoms with Crippen molar-refractivity contribution in [3.63, 3.8) is 0 Å². The van der Waals surface area contributed by atoms with E-state index in [0.29, 0.717) is 12.1 Å². The van der Waals surface area contributed by atoms with Crippen LogP contribution < -0.4 is 10.7 Å². The Kier molecular flexibility index (Phi) is 6.52. The van der Waals surface area contributed by atoms with E-state index >= 15 is 0 Å². The van der Waals surface area contributed by atoms with Gasteiger partial charge in [0.05, 0.1) is 6.21 Å². The Morgan fingerprint density at radius 1 is 1.00 bits per heavy atom. The van der Waals surface area contributed by atoms with Gasteiger partial charge >= 0.3 is 0 Å². The van der Waals surface area contributed by atoms with Crippen LogP contribution in [0.1, 0.15) is 24.0 Å². The predicted octanol–water partition coefficient (Wildman–Crippen LogP) is 1.94. The monoisotopic (exact) mass is 325 g/mol. The molecule has 2 aromatic carbocycles. The van der Waals surface area contributed by atoms with Crippen LogP contribution in [0.15, 0.2) is 59.7 Å². The van der Waals surface area contributed by atoms with E-state index in [9.17, 15) is 14.7 Å². The summed E-state index contributed by atoms with van der Waals surface area (Å²) < 4.78 is 0. The van der Waals surface area contributed by atoms with Gasteiger partial charge in [0.2, 0.25) is 11.8 Å². The van der Waals surface area contributed by atoms with Gasteiger partial charge in [-0.2, -0.15) is 5.10 Å². The highest BCUT2D eigenvalue weighted by Gasteiger charge is 2.06. The molecule has 0 saturated heterocycles. The second-order valence-corrected chi connectivity index (χ2v) is 5.15. The van der Waals surface area contributed by atoms with Crippen LogP contribution >= 0.6 is 0 Å². The zero-order valence-corrected chi connectivity index (χ0v) is 13.1. The Morgan fingerprint density at radius 2 is 1.75 bits per heavy atom. The molecule has 0 aromatic heterocycles. The van der Waals surface area contributed by atoms with Crippen molar-refractivity contribution in [3.8, 4) is 5.75 Å². The minimum atomic E-state index is -0.346. The number of nitrogens with one attached hydrogen (secondary N) is 2. The number of aromatic hydroxyl groups is 1. The quantitative estimate of drug-likeness (QED) is 0.537. The fourth-order valence-electron chi connectivity index (χ4n) is 1.95. The molecule has 2 rings (SSSR count). The minimum absolute atomic E-state index is 0.0536. The number of hydrogen-bond acceptors (Lipinski definition) is 4. The lowest BCUT2D eigenvalue weighted by Gasteiger charge is -2.04. The molecule has 0 atom stereocenters. The maximum atomic E-state index is 11.7. The number of nitrogens with zero attached hydrogens (tertiary/aromatic N) is 1. The van der Waals surface area contributed by atoms with Crippen LogP contribution in [0.3, 0.4) is 0 Å². The molecule has 2 aromatic rings. The number of phenols is 1. The van der Waals surface area contributed by atoms with Crippen LogP contribution in [0.4, 0.5) is 0 Å². The first-order valence-corrected chi connectivity index (χ1v) is 7.55. The third-order valence-electron chi connectivity index (χ3n) is 3.18. The van der Waals surface area contributed by atoms with Crippen molar-refractivity contribution in [3.05, 3.63) is 65.7 Å². The molecule has 6 heteroatoms. The maximum absolute atomic E-state index is 11.7. The number of hydrogen-bond donors (Lipinski definition) is 3. The van der Waals surface area contributed by atoms with Gasteiger partial charge in [0.25, 0.3) is 0 Å². The molecule has 3 N–H and O–H groups in total. The summed E-state index contributed by atoms with van der Waals surface area (Å²) in [7, 11) is 0. The largest absolute Gasteiger partial charge is 0.508 e. The van der Waals surface area contributed by atoms with Crippen molar-refractivity contribution in [2.24, 2.45) is 5.10 Å². The van der Waals surface area contributed by atoms with Crippen molar-refractivity contribution in [2.45, 2.75) is 19.4 Å². The van der Waals surface area contributed by atoms with Crippen LogP contribution in [0.2, 0.25) is 0 Å². The van der Waals surface area contributed by atoms with Gasteiger partial charge < -0.3 is 10.4 Å². The summed E-state index contributed by atoms with van der Waals surface area (Å²) in [5.41, 5.74) is 4.02. The Morgan fingerprint density at radius 3 is 2.50 bits per heavy atom. The number of carbonyl (C=O) groups is 2. The summed E-state index contributed by atoms with van der Waals surface area (Å²) in [6.07, 6.45) is 1.57. The zero-order valence-electron chi connectivity index (χ0n) is 13.1. The summed E-state index contributed by atoms with van der Waals surface area (Å²) in [6, 6.07) is 16.0. The van der Waals surface area contributed by atoms with Gasteiger partial charge in [-0.1, -0.05) is 42.5 Å². The average Bonchev–Trinajstić information content (AvgIpc) is 2.59. The third kappa shape index (κ3) is 6.31. The van der Waals surface area contributed by atoms with Crippen molar-refractivity contribution in [1.29, 1.82) is 0 Å². The van der Waals surface area contributed by atoms with Crippen LogP contribution in [0, 0.1) is 0 Å². The number of carbonyl (C=O) groups excluding carboxylic acids is 2. The Labute approximate surface area is 140 Å². The third-order valence-corrected chi connectivity index (χ3v) is 3.18. The number of benzene rings is 2. The van der Waals surface area contributed by atoms with Gasteiger partial charge in [-0.3, -0.25) is 9.59 Å². The van der Waals surface area contributed by atoms with Crippen LogP contribution in [0.25, 0.3) is 0 Å². The number of phenolic OH excluding ortho intramolecular Hbond substituents is 1. The fraction of sp³-hybridized carbons (Fsp3) is 0.167. The van der Waals surface area contributed by atoms with Crippen molar-refractivity contribution < 1.29 is 14.7 Å². The molecule has 24 heavy (non-hydrogen) atoms. The van der Waals surface area contributed by atoms with Crippen molar-refractivity contribution in [2.75, 3.05) is 0 Å². The molecule has 124 valence electrons. The molecule has 0 aliphatic carbocycles. The van der Waals surface area contributed by atoms with E-state index in [1.54, 1.807) is 18.2 Å². The van der Waals surface area contributed by atoms with E-state index in [1.165, 1.54) is 12.3 Å². The number of rotatable bonds is 7. The van der Waals surface area contributed by atoms with Gasteiger partial charge in [-0.05, 0) is 23.3 Å². The summed E-state index contributed by atoms with van der Waals surface area (Å²) in [5, 5.41) is 15.9. The molecule has 0 unspecified atom stereocenters. The van der Waals surface area contributed by atoms with E-state index in [2.05, 4.69) is 15.8 Å². The lowest BCUT2D eigenvalue weighted by molar-refractivity contribution is -0.126. The van der Waals surface area contributed by atoms with Gasteiger partial charge in [-0.25, -0.2) is 5.43 Å². The molecule has 0 aliphatic heterocycles. The number of amides is 2. The first-order valence-electron chi connectivity index (χ1n) is 7.55. The molecular formula is C18H19N3O3. The molecule has 0 heterocycles.